The molecule has 0 aliphatic heterocycles. The van der Waals surface area contributed by atoms with Crippen LogP contribution in [0, 0.1) is 38.7 Å². The molecule has 1 N–H and O–H groups in total. The first-order chi connectivity index (χ1) is 19.8. The summed E-state index contributed by atoms with van der Waals surface area (Å²) in [4.78, 5) is 16.2. The number of carbonyl (C=O) groups is 1. The quantitative estimate of drug-likeness (QED) is 0.0841. The fourth-order valence-corrected chi connectivity index (χ4v) is 5.47. The number of alkyl halides is 3. The number of halogens is 3. The van der Waals surface area contributed by atoms with Gasteiger partial charge in [0.25, 0.3) is 0 Å². The summed E-state index contributed by atoms with van der Waals surface area (Å²) in [6.45, 7) is 13.5. The van der Waals surface area contributed by atoms with Crippen LogP contribution in [0.15, 0.2) is 60.5 Å². The molecule has 0 unspecified atom stereocenters. The van der Waals surface area contributed by atoms with Crippen LogP contribution in [0.25, 0.3) is 32.8 Å². The average Bonchev–Trinajstić information content (AvgIpc) is 2.92. The van der Waals surface area contributed by atoms with Gasteiger partial charge in [-0.05, 0) is 77.5 Å². The summed E-state index contributed by atoms with van der Waals surface area (Å²) in [5.74, 6) is 0.547. The van der Waals surface area contributed by atoms with Crippen LogP contribution in [0.3, 0.4) is 0 Å². The monoisotopic (exact) mass is 769 g/mol. The number of nitrogens with zero attached hydrogens (tertiary/aromatic N) is 1. The van der Waals surface area contributed by atoms with Crippen molar-refractivity contribution in [2.75, 3.05) is 0 Å². The fourth-order valence-electron chi connectivity index (χ4n) is 5.47. The van der Waals surface area contributed by atoms with Gasteiger partial charge in [-0.2, -0.15) is 13.2 Å². The third-order valence-electron chi connectivity index (χ3n) is 7.90. The number of rotatable bonds is 8. The largest absolute Gasteiger partial charge is 0.512 e. The van der Waals surface area contributed by atoms with E-state index >= 15 is 0 Å². The second kappa shape index (κ2) is 15.6. The molecule has 0 aliphatic rings. The number of aromatic nitrogens is 1. The van der Waals surface area contributed by atoms with E-state index in [-0.39, 0.29) is 49.0 Å². The third-order valence-corrected chi connectivity index (χ3v) is 7.90. The maximum atomic E-state index is 13.4. The first-order valence-corrected chi connectivity index (χ1v) is 14.7. The van der Waals surface area contributed by atoms with Crippen molar-refractivity contribution in [1.29, 1.82) is 0 Å². The Morgan fingerprint density at radius 3 is 2.07 bits per heavy atom. The summed E-state index contributed by atoms with van der Waals surface area (Å²) in [5, 5.41) is 12.7. The predicted molar refractivity (Wildman–Crippen MR) is 167 cm³/mol. The summed E-state index contributed by atoms with van der Waals surface area (Å²) in [6.07, 6.45) is 2.18. The van der Waals surface area contributed by atoms with Crippen LogP contribution in [0.5, 0.6) is 0 Å². The zero-order valence-electron chi connectivity index (χ0n) is 25.9. The third kappa shape index (κ3) is 8.77. The number of aryl methyl sites for hydroxylation is 3. The number of hydrogen-bond donors (Lipinski definition) is 1. The molecule has 3 nitrogen and oxygen atoms in total. The normalized spacial score (nSPS) is 12.0. The molecule has 4 rings (SSSR count). The second-order valence-electron chi connectivity index (χ2n) is 11.0. The van der Waals surface area contributed by atoms with E-state index in [0.29, 0.717) is 5.39 Å². The van der Waals surface area contributed by atoms with Crippen LogP contribution in [0.2, 0.25) is 0 Å². The zero-order chi connectivity index (χ0) is 31.2. The molecule has 1 heterocycles. The number of benzene rings is 3. The van der Waals surface area contributed by atoms with Gasteiger partial charge in [0.1, 0.15) is 0 Å². The van der Waals surface area contributed by atoms with Gasteiger partial charge in [-0.3, -0.25) is 4.79 Å². The minimum absolute atomic E-state index is 0. The van der Waals surface area contributed by atoms with Gasteiger partial charge in [0, 0.05) is 44.2 Å². The van der Waals surface area contributed by atoms with Crippen molar-refractivity contribution >= 4 is 27.3 Å². The van der Waals surface area contributed by atoms with E-state index in [9.17, 15) is 23.1 Å². The Hall–Kier alpha value is -3.02. The van der Waals surface area contributed by atoms with Gasteiger partial charge in [0.2, 0.25) is 0 Å². The van der Waals surface area contributed by atoms with Crippen LogP contribution in [0.4, 0.5) is 13.2 Å². The van der Waals surface area contributed by atoms with Gasteiger partial charge >= 0.3 is 6.18 Å². The second-order valence-corrected chi connectivity index (χ2v) is 11.0. The minimum Gasteiger partial charge on any atom is -0.512 e. The zero-order valence-corrected chi connectivity index (χ0v) is 28.3. The molecular formula is C36H41F3IrNO2-. The van der Waals surface area contributed by atoms with Crippen molar-refractivity contribution in [3.8, 4) is 11.3 Å². The number of aliphatic hydroxyl groups is 1. The molecule has 43 heavy (non-hydrogen) atoms. The maximum Gasteiger partial charge on any atom is 0.416 e. The van der Waals surface area contributed by atoms with E-state index in [2.05, 4.69) is 11.1 Å². The van der Waals surface area contributed by atoms with Gasteiger partial charge < -0.3 is 10.1 Å². The summed E-state index contributed by atoms with van der Waals surface area (Å²) in [5.41, 5.74) is 3.30. The molecule has 0 amide bonds. The number of aliphatic hydroxyl groups excluding tert-OH is 1. The summed E-state index contributed by atoms with van der Waals surface area (Å²) in [6, 6.07) is 15.7. The Morgan fingerprint density at radius 2 is 1.51 bits per heavy atom. The van der Waals surface area contributed by atoms with Gasteiger partial charge in [0.05, 0.1) is 11.3 Å². The van der Waals surface area contributed by atoms with Crippen molar-refractivity contribution in [1.82, 2.24) is 4.98 Å². The van der Waals surface area contributed by atoms with Crippen LogP contribution in [-0.4, -0.2) is 15.9 Å². The molecule has 0 saturated carbocycles. The first-order valence-electron chi connectivity index (χ1n) is 14.7. The van der Waals surface area contributed by atoms with E-state index in [1.165, 1.54) is 19.1 Å². The Bertz CT molecular complexity index is 1570. The Kier molecular flexibility index (Phi) is 13.1. The molecule has 7 heteroatoms. The Balaban J connectivity index is 0.000000348. The van der Waals surface area contributed by atoms with Crippen LogP contribution < -0.4 is 0 Å². The SMILES string of the molecule is CCC(CC)C(=O)/C=C(\O)C(CC)CC.Cc1[c-]c(-c2nccc3c2ccc2cc(C)c(C(F)(F)F)cc23)cc(C)c1.[Ir]. The van der Waals surface area contributed by atoms with Crippen LogP contribution in [-0.2, 0) is 31.1 Å². The molecule has 0 atom stereocenters. The number of fused-ring (bicyclic) bond motifs is 3. The standard InChI is InChI=1S/C23H17F3N.C13H24O2.Ir/c1-13-8-14(2)10-17(9-13)22-19-5-4-16-11-15(3)21(23(24,25)26)12-20(16)18(19)6-7-27-22;1-5-10(6-2)12(14)9-13(15)11(7-3)8-4;/h4-9,11-12H,1-3H3;9-11,14H,5-8H2,1-4H3;/q-1;;/b;12-9-;. The van der Waals surface area contributed by atoms with E-state index in [4.69, 9.17) is 0 Å². The number of hydrogen-bond acceptors (Lipinski definition) is 3. The molecule has 3 aromatic carbocycles. The maximum absolute atomic E-state index is 13.4. The fraction of sp³-hybridized carbons (Fsp3) is 0.389. The van der Waals surface area contributed by atoms with Crippen molar-refractivity contribution in [2.24, 2.45) is 11.8 Å². The van der Waals surface area contributed by atoms with Crippen molar-refractivity contribution < 1.29 is 43.2 Å². The van der Waals surface area contributed by atoms with Gasteiger partial charge in [0.15, 0.2) is 5.78 Å². The molecule has 0 aliphatic carbocycles. The van der Waals surface area contributed by atoms with E-state index in [0.717, 1.165) is 64.2 Å². The number of allylic oxidation sites excluding steroid dienone is 2. The molecule has 233 valence electrons. The summed E-state index contributed by atoms with van der Waals surface area (Å²) < 4.78 is 40.2. The van der Waals surface area contributed by atoms with Crippen molar-refractivity contribution in [3.63, 3.8) is 0 Å². The Labute approximate surface area is 267 Å². The van der Waals surface area contributed by atoms with Crippen LogP contribution in [0.1, 0.15) is 75.6 Å². The van der Waals surface area contributed by atoms with E-state index in [1.807, 2.05) is 65.8 Å². The molecular weight excluding hydrogens is 728 g/mol. The molecule has 0 saturated heterocycles. The minimum atomic E-state index is -4.38. The first kappa shape index (κ1) is 36.2. The average molecular weight is 769 g/mol. The summed E-state index contributed by atoms with van der Waals surface area (Å²) in [7, 11) is 0. The number of carbonyl (C=O) groups excluding carboxylic acids is 1. The number of pyridine rings is 1. The van der Waals surface area contributed by atoms with Crippen molar-refractivity contribution in [2.45, 2.75) is 80.3 Å². The van der Waals surface area contributed by atoms with Crippen LogP contribution >= 0.6 is 0 Å². The molecule has 0 fully saturated rings. The molecule has 1 aromatic heterocycles. The van der Waals surface area contributed by atoms with Gasteiger partial charge in [-0.1, -0.05) is 59.7 Å². The van der Waals surface area contributed by atoms with E-state index < -0.39 is 11.7 Å². The molecule has 0 spiro atoms. The Morgan fingerprint density at radius 1 is 0.884 bits per heavy atom. The molecule has 0 bridgehead atoms. The topological polar surface area (TPSA) is 50.2 Å². The molecule has 1 radical (unpaired) electrons. The summed E-state index contributed by atoms with van der Waals surface area (Å²) >= 11 is 0. The predicted octanol–water partition coefficient (Wildman–Crippen LogP) is 10.7. The molecule has 4 aromatic rings. The van der Waals surface area contributed by atoms with E-state index in [1.54, 1.807) is 18.3 Å². The smallest absolute Gasteiger partial charge is 0.416 e. The van der Waals surface area contributed by atoms with Crippen molar-refractivity contribution in [3.05, 3.63) is 88.8 Å². The van der Waals surface area contributed by atoms with Gasteiger partial charge in [-0.15, -0.1) is 34.9 Å². The van der Waals surface area contributed by atoms with Gasteiger partial charge in [-0.25, -0.2) is 0 Å². The number of ketones is 1.